The summed E-state index contributed by atoms with van der Waals surface area (Å²) in [5.41, 5.74) is 1.93. The molecule has 114 valence electrons. The molecule has 1 N–H and O–H groups in total. The molecule has 0 bridgehead atoms. The zero-order valence-corrected chi connectivity index (χ0v) is 13.6. The van der Waals surface area contributed by atoms with Crippen LogP contribution < -0.4 is 5.32 Å². The van der Waals surface area contributed by atoms with E-state index in [-0.39, 0.29) is 5.54 Å². The van der Waals surface area contributed by atoms with E-state index in [9.17, 15) is 8.42 Å². The van der Waals surface area contributed by atoms with Gasteiger partial charge in [0.2, 0.25) is 0 Å². The van der Waals surface area contributed by atoms with Crippen molar-refractivity contribution in [2.45, 2.75) is 37.8 Å². The molecule has 2 rings (SSSR count). The molecular weight excluding hydrogens is 286 g/mol. The van der Waals surface area contributed by atoms with Gasteiger partial charge in [0.15, 0.2) is 9.84 Å². The molecule has 0 radical (unpaired) electrons. The lowest BCUT2D eigenvalue weighted by Crippen LogP contribution is -2.21. The Morgan fingerprint density at radius 2 is 1.81 bits per heavy atom. The maximum Gasteiger partial charge on any atom is 0.175 e. The van der Waals surface area contributed by atoms with Crippen LogP contribution in [0, 0.1) is 0 Å². The highest BCUT2D eigenvalue weighted by Crippen LogP contribution is 2.16. The summed E-state index contributed by atoms with van der Waals surface area (Å²) in [5, 5.41) is 7.60. The van der Waals surface area contributed by atoms with Crippen LogP contribution in [0.3, 0.4) is 0 Å². The maximum atomic E-state index is 11.4. The van der Waals surface area contributed by atoms with Crippen molar-refractivity contribution in [3.63, 3.8) is 0 Å². The number of benzene rings is 1. The van der Waals surface area contributed by atoms with Gasteiger partial charge in [0.25, 0.3) is 0 Å². The van der Waals surface area contributed by atoms with E-state index in [1.165, 1.54) is 6.26 Å². The van der Waals surface area contributed by atoms with Crippen LogP contribution in [0.2, 0.25) is 0 Å². The molecule has 0 saturated heterocycles. The first-order valence-electron chi connectivity index (χ1n) is 6.74. The lowest BCUT2D eigenvalue weighted by molar-refractivity contribution is 0.355. The lowest BCUT2D eigenvalue weighted by Gasteiger charge is -2.18. The first-order valence-corrected chi connectivity index (χ1v) is 8.63. The van der Waals surface area contributed by atoms with E-state index in [2.05, 4.69) is 31.2 Å². The van der Waals surface area contributed by atoms with Gasteiger partial charge in [-0.3, -0.25) is 4.68 Å². The number of hydrogen-bond donors (Lipinski definition) is 1. The molecule has 0 aliphatic heterocycles. The minimum Gasteiger partial charge on any atom is -0.381 e. The molecule has 1 aromatic carbocycles. The average molecular weight is 307 g/mol. The van der Waals surface area contributed by atoms with Gasteiger partial charge in [-0.25, -0.2) is 8.42 Å². The maximum absolute atomic E-state index is 11.4. The second kappa shape index (κ2) is 5.52. The van der Waals surface area contributed by atoms with Crippen molar-refractivity contribution in [2.75, 3.05) is 11.6 Å². The van der Waals surface area contributed by atoms with Gasteiger partial charge < -0.3 is 5.32 Å². The number of rotatable bonds is 4. The predicted octanol–water partition coefficient (Wildman–Crippen LogP) is 2.65. The van der Waals surface area contributed by atoms with Gasteiger partial charge in [-0.05, 0) is 45.0 Å². The van der Waals surface area contributed by atoms with Crippen LogP contribution in [0.5, 0.6) is 0 Å². The molecule has 0 fully saturated rings. The molecule has 0 spiro atoms. The van der Waals surface area contributed by atoms with Crippen molar-refractivity contribution in [1.82, 2.24) is 9.78 Å². The molecule has 0 saturated carbocycles. The van der Waals surface area contributed by atoms with Crippen LogP contribution in [-0.4, -0.2) is 24.5 Å². The van der Waals surface area contributed by atoms with E-state index in [4.69, 9.17) is 0 Å². The Morgan fingerprint density at radius 3 is 2.29 bits per heavy atom. The van der Waals surface area contributed by atoms with Gasteiger partial charge in [0, 0.05) is 30.2 Å². The molecule has 1 aromatic heterocycles. The van der Waals surface area contributed by atoms with Gasteiger partial charge in [0.1, 0.15) is 0 Å². The Bertz CT molecular complexity index is 710. The van der Waals surface area contributed by atoms with E-state index in [0.717, 1.165) is 11.3 Å². The second-order valence-corrected chi connectivity index (χ2v) is 8.13. The fourth-order valence-corrected chi connectivity index (χ4v) is 2.47. The number of nitrogens with one attached hydrogen (secondary N) is 1. The van der Waals surface area contributed by atoms with Gasteiger partial charge in [-0.2, -0.15) is 5.10 Å². The Kier molecular flexibility index (Phi) is 4.09. The topological polar surface area (TPSA) is 64.0 Å². The summed E-state index contributed by atoms with van der Waals surface area (Å²) in [6, 6.07) is 6.75. The largest absolute Gasteiger partial charge is 0.381 e. The van der Waals surface area contributed by atoms with E-state index in [1.54, 1.807) is 24.3 Å². The fraction of sp³-hybridized carbons (Fsp3) is 0.400. The highest BCUT2D eigenvalue weighted by molar-refractivity contribution is 7.90. The fourth-order valence-electron chi connectivity index (χ4n) is 1.84. The standard InChI is InChI=1S/C15H21N3O2S/c1-15(2,3)18-11-12(10-17-18)9-16-13-5-7-14(8-6-13)21(4,19)20/h5-8,10-11,16H,9H2,1-4H3. The van der Waals surface area contributed by atoms with Gasteiger partial charge in [-0.15, -0.1) is 0 Å². The van der Waals surface area contributed by atoms with Gasteiger partial charge in [-0.1, -0.05) is 0 Å². The molecule has 5 nitrogen and oxygen atoms in total. The molecule has 1 heterocycles. The van der Waals surface area contributed by atoms with Crippen molar-refractivity contribution in [1.29, 1.82) is 0 Å². The molecule has 2 aromatic rings. The van der Waals surface area contributed by atoms with E-state index in [1.807, 2.05) is 17.1 Å². The summed E-state index contributed by atoms with van der Waals surface area (Å²) in [6.07, 6.45) is 5.05. The predicted molar refractivity (Wildman–Crippen MR) is 84.1 cm³/mol. The lowest BCUT2D eigenvalue weighted by atomic mass is 10.1. The monoisotopic (exact) mass is 307 g/mol. The molecule has 0 aliphatic rings. The number of aromatic nitrogens is 2. The third kappa shape index (κ3) is 4.07. The van der Waals surface area contributed by atoms with E-state index >= 15 is 0 Å². The molecular formula is C15H21N3O2S. The van der Waals surface area contributed by atoms with E-state index < -0.39 is 9.84 Å². The van der Waals surface area contributed by atoms with Crippen molar-refractivity contribution < 1.29 is 8.42 Å². The minimum atomic E-state index is -3.14. The summed E-state index contributed by atoms with van der Waals surface area (Å²) in [7, 11) is -3.14. The molecule has 6 heteroatoms. The summed E-state index contributed by atoms with van der Waals surface area (Å²) in [6.45, 7) is 6.94. The summed E-state index contributed by atoms with van der Waals surface area (Å²) < 4.78 is 24.7. The first-order chi connectivity index (χ1) is 9.66. The Morgan fingerprint density at radius 1 is 1.19 bits per heavy atom. The second-order valence-electron chi connectivity index (χ2n) is 6.11. The molecule has 0 amide bonds. The third-order valence-corrected chi connectivity index (χ3v) is 4.23. The van der Waals surface area contributed by atoms with Crippen molar-refractivity contribution in [2.24, 2.45) is 0 Å². The van der Waals surface area contributed by atoms with Crippen LogP contribution >= 0.6 is 0 Å². The van der Waals surface area contributed by atoms with Crippen LogP contribution in [0.15, 0.2) is 41.6 Å². The van der Waals surface area contributed by atoms with Gasteiger partial charge in [0.05, 0.1) is 16.6 Å². The number of anilines is 1. The Labute approximate surface area is 125 Å². The number of nitrogens with zero attached hydrogens (tertiary/aromatic N) is 2. The van der Waals surface area contributed by atoms with Gasteiger partial charge >= 0.3 is 0 Å². The van der Waals surface area contributed by atoms with Crippen LogP contribution in [-0.2, 0) is 21.9 Å². The number of hydrogen-bond acceptors (Lipinski definition) is 4. The zero-order chi connectivity index (χ0) is 15.7. The average Bonchev–Trinajstić information content (AvgIpc) is 2.84. The Hall–Kier alpha value is -1.82. The molecule has 0 atom stereocenters. The van der Waals surface area contributed by atoms with Crippen molar-refractivity contribution in [3.05, 3.63) is 42.2 Å². The van der Waals surface area contributed by atoms with Crippen molar-refractivity contribution >= 4 is 15.5 Å². The SMILES string of the molecule is CC(C)(C)n1cc(CNc2ccc(S(C)(=O)=O)cc2)cn1. The normalized spacial score (nSPS) is 12.4. The quantitative estimate of drug-likeness (QED) is 0.943. The Balaban J connectivity index is 2.02. The highest BCUT2D eigenvalue weighted by Gasteiger charge is 2.13. The minimum absolute atomic E-state index is 0.0324. The van der Waals surface area contributed by atoms with Crippen molar-refractivity contribution in [3.8, 4) is 0 Å². The van der Waals surface area contributed by atoms with Crippen LogP contribution in [0.25, 0.3) is 0 Å². The molecule has 0 unspecified atom stereocenters. The number of sulfone groups is 1. The first kappa shape index (κ1) is 15.6. The molecule has 21 heavy (non-hydrogen) atoms. The van der Waals surface area contributed by atoms with Crippen LogP contribution in [0.1, 0.15) is 26.3 Å². The molecule has 0 aliphatic carbocycles. The van der Waals surface area contributed by atoms with E-state index in [0.29, 0.717) is 11.4 Å². The summed E-state index contributed by atoms with van der Waals surface area (Å²) in [5.74, 6) is 0. The highest BCUT2D eigenvalue weighted by atomic mass is 32.2. The third-order valence-electron chi connectivity index (χ3n) is 3.10. The zero-order valence-electron chi connectivity index (χ0n) is 12.8. The van der Waals surface area contributed by atoms with Crippen LogP contribution in [0.4, 0.5) is 5.69 Å². The summed E-state index contributed by atoms with van der Waals surface area (Å²) in [4.78, 5) is 0.327. The summed E-state index contributed by atoms with van der Waals surface area (Å²) >= 11 is 0. The smallest absolute Gasteiger partial charge is 0.175 e.